The molecule has 0 fully saturated rings. The highest BCUT2D eigenvalue weighted by Gasteiger charge is 2.34. The molecule has 0 saturated carbocycles. The fraction of sp³-hybridized carbons (Fsp3) is 0.368. The predicted molar refractivity (Wildman–Crippen MR) is 92.1 cm³/mol. The van der Waals surface area contributed by atoms with E-state index < -0.39 is 5.92 Å². The van der Waals surface area contributed by atoms with Crippen LogP contribution in [0.15, 0.2) is 35.0 Å². The van der Waals surface area contributed by atoms with Crippen molar-refractivity contribution in [3.63, 3.8) is 0 Å². The first-order chi connectivity index (χ1) is 11.5. The van der Waals surface area contributed by atoms with Gasteiger partial charge >= 0.3 is 0 Å². The lowest BCUT2D eigenvalue weighted by Crippen LogP contribution is -2.25. The summed E-state index contributed by atoms with van der Waals surface area (Å²) < 4.78 is 5.21. The maximum absolute atomic E-state index is 9.58. The molecule has 0 atom stereocenters. The van der Waals surface area contributed by atoms with Crippen molar-refractivity contribution in [2.75, 3.05) is 0 Å². The third-order valence-corrected chi connectivity index (χ3v) is 4.44. The van der Waals surface area contributed by atoms with Crippen molar-refractivity contribution < 1.29 is 4.74 Å². The van der Waals surface area contributed by atoms with Gasteiger partial charge in [0.2, 0.25) is 11.8 Å². The molecule has 0 radical (unpaired) electrons. The molecule has 0 aromatic heterocycles. The molecule has 0 amide bonds. The molecule has 1 aromatic rings. The molecule has 0 unspecified atom stereocenters. The normalized spacial score (nSPS) is 15.0. The van der Waals surface area contributed by atoms with Gasteiger partial charge in [-0.15, -0.1) is 0 Å². The molecule has 5 heteroatoms. The molecule has 1 heterocycles. The average Bonchev–Trinajstić information content (AvgIpc) is 2.59. The summed E-state index contributed by atoms with van der Waals surface area (Å²) in [6.07, 6.45) is 2.52. The van der Waals surface area contributed by atoms with Gasteiger partial charge in [-0.3, -0.25) is 0 Å². The van der Waals surface area contributed by atoms with Crippen LogP contribution in [0.25, 0.3) is 0 Å². The molecule has 1 aliphatic heterocycles. The van der Waals surface area contributed by atoms with Crippen LogP contribution in [0.5, 0.6) is 0 Å². The first-order valence-electron chi connectivity index (χ1n) is 8.14. The molecule has 1 aliphatic rings. The van der Waals surface area contributed by atoms with Crippen molar-refractivity contribution >= 4 is 0 Å². The molecule has 4 N–H and O–H groups in total. The van der Waals surface area contributed by atoms with E-state index in [-0.39, 0.29) is 22.9 Å². The van der Waals surface area contributed by atoms with Gasteiger partial charge in [0.05, 0.1) is 5.92 Å². The van der Waals surface area contributed by atoms with Crippen LogP contribution in [0.4, 0.5) is 0 Å². The van der Waals surface area contributed by atoms with Crippen LogP contribution >= 0.6 is 0 Å². The van der Waals surface area contributed by atoms with E-state index in [1.165, 1.54) is 5.56 Å². The Morgan fingerprint density at radius 3 is 1.71 bits per heavy atom. The summed E-state index contributed by atoms with van der Waals surface area (Å²) in [5.74, 6) is -0.616. The van der Waals surface area contributed by atoms with Gasteiger partial charge in [0.1, 0.15) is 23.3 Å². The molecule has 124 valence electrons. The smallest absolute Gasteiger partial charge is 0.207 e. The van der Waals surface area contributed by atoms with E-state index >= 15 is 0 Å². The van der Waals surface area contributed by atoms with E-state index in [1.807, 2.05) is 0 Å². The Balaban J connectivity index is 2.83. The van der Waals surface area contributed by atoms with Gasteiger partial charge < -0.3 is 16.2 Å². The topological polar surface area (TPSA) is 109 Å². The van der Waals surface area contributed by atoms with Gasteiger partial charge in [-0.05, 0) is 41.5 Å². The fourth-order valence-corrected chi connectivity index (χ4v) is 3.20. The van der Waals surface area contributed by atoms with Crippen molar-refractivity contribution in [2.45, 2.75) is 46.0 Å². The quantitative estimate of drug-likeness (QED) is 0.886. The summed E-state index contributed by atoms with van der Waals surface area (Å²) in [5.41, 5.74) is 16.7. The summed E-state index contributed by atoms with van der Waals surface area (Å²) in [5, 5.41) is 19.2. The van der Waals surface area contributed by atoms with Crippen molar-refractivity contribution in [1.82, 2.24) is 0 Å². The van der Waals surface area contributed by atoms with Crippen molar-refractivity contribution in [3.05, 3.63) is 57.3 Å². The van der Waals surface area contributed by atoms with E-state index in [1.54, 1.807) is 0 Å². The standard InChI is InChI=1S/C19H22N4O/c1-4-11-7-12(5-2)16(13(6-3)8-11)17-14(9-20)18(22)24-19(23)15(17)10-21/h7-8,17H,4-6,22-23H2,1-3H3. The average molecular weight is 322 g/mol. The second-order valence-electron chi connectivity index (χ2n) is 5.70. The summed E-state index contributed by atoms with van der Waals surface area (Å²) in [7, 11) is 0. The number of aryl methyl sites for hydroxylation is 3. The molecule has 24 heavy (non-hydrogen) atoms. The highest BCUT2D eigenvalue weighted by atomic mass is 16.5. The van der Waals surface area contributed by atoms with Gasteiger partial charge in [0.15, 0.2) is 0 Å². The largest absolute Gasteiger partial charge is 0.424 e. The summed E-state index contributed by atoms with van der Waals surface area (Å²) >= 11 is 0. The van der Waals surface area contributed by atoms with Gasteiger partial charge in [-0.25, -0.2) is 0 Å². The number of allylic oxidation sites excluding steroid dienone is 2. The number of ether oxygens (including phenoxy) is 1. The van der Waals surface area contributed by atoms with E-state index in [4.69, 9.17) is 16.2 Å². The maximum atomic E-state index is 9.58. The zero-order chi connectivity index (χ0) is 17.9. The minimum atomic E-state index is -0.565. The molecule has 5 nitrogen and oxygen atoms in total. The molecule has 0 bridgehead atoms. The van der Waals surface area contributed by atoms with E-state index in [9.17, 15) is 10.5 Å². The van der Waals surface area contributed by atoms with Crippen LogP contribution < -0.4 is 11.5 Å². The third kappa shape index (κ3) is 2.81. The lowest BCUT2D eigenvalue weighted by Gasteiger charge is -2.28. The fourth-order valence-electron chi connectivity index (χ4n) is 3.20. The van der Waals surface area contributed by atoms with E-state index in [0.717, 1.165) is 36.0 Å². The summed E-state index contributed by atoms with van der Waals surface area (Å²) in [6.45, 7) is 6.24. The van der Waals surface area contributed by atoms with Crippen LogP contribution in [0.3, 0.4) is 0 Å². The van der Waals surface area contributed by atoms with Crippen molar-refractivity contribution in [3.8, 4) is 12.1 Å². The number of hydrogen-bond donors (Lipinski definition) is 2. The zero-order valence-corrected chi connectivity index (χ0v) is 14.3. The number of hydrogen-bond acceptors (Lipinski definition) is 5. The second-order valence-corrected chi connectivity index (χ2v) is 5.70. The molecule has 0 saturated heterocycles. The monoisotopic (exact) mass is 322 g/mol. The number of nitriles is 2. The lowest BCUT2D eigenvalue weighted by molar-refractivity contribution is 0.277. The van der Waals surface area contributed by atoms with Gasteiger partial charge in [-0.2, -0.15) is 10.5 Å². The Kier molecular flexibility index (Phi) is 5.16. The molecule has 1 aromatic carbocycles. The Bertz CT molecular complexity index is 745. The minimum absolute atomic E-state index is 0.0253. The number of rotatable bonds is 4. The third-order valence-electron chi connectivity index (χ3n) is 4.44. The van der Waals surface area contributed by atoms with Crippen LogP contribution in [0.2, 0.25) is 0 Å². The zero-order valence-electron chi connectivity index (χ0n) is 14.3. The Hall–Kier alpha value is -2.92. The minimum Gasteiger partial charge on any atom is -0.424 e. The Morgan fingerprint density at radius 2 is 1.38 bits per heavy atom. The summed E-state index contributed by atoms with van der Waals surface area (Å²) in [4.78, 5) is 0. The number of nitrogens with two attached hydrogens (primary N) is 2. The first kappa shape index (κ1) is 17.4. The Labute approximate surface area is 142 Å². The van der Waals surface area contributed by atoms with Crippen LogP contribution in [0.1, 0.15) is 48.9 Å². The highest BCUT2D eigenvalue weighted by molar-refractivity contribution is 5.57. The van der Waals surface area contributed by atoms with Crippen LogP contribution in [0, 0.1) is 22.7 Å². The molecule has 2 rings (SSSR count). The van der Waals surface area contributed by atoms with Gasteiger partial charge in [0.25, 0.3) is 0 Å². The molecule has 0 spiro atoms. The van der Waals surface area contributed by atoms with Crippen molar-refractivity contribution in [1.29, 1.82) is 10.5 Å². The highest BCUT2D eigenvalue weighted by Crippen LogP contribution is 2.41. The molecule has 0 aliphatic carbocycles. The predicted octanol–water partition coefficient (Wildman–Crippen LogP) is 2.88. The van der Waals surface area contributed by atoms with Gasteiger partial charge in [-0.1, -0.05) is 32.9 Å². The maximum Gasteiger partial charge on any atom is 0.207 e. The number of nitrogens with zero attached hydrogens (tertiary/aromatic N) is 2. The van der Waals surface area contributed by atoms with Gasteiger partial charge in [0, 0.05) is 0 Å². The Morgan fingerprint density at radius 1 is 0.917 bits per heavy atom. The van der Waals surface area contributed by atoms with Crippen molar-refractivity contribution in [2.24, 2.45) is 11.5 Å². The van der Waals surface area contributed by atoms with Crippen LogP contribution in [-0.4, -0.2) is 0 Å². The SMILES string of the molecule is CCc1cc(CC)c(C2C(C#N)=C(N)OC(N)=C2C#N)c(CC)c1. The molecular formula is C19H22N4O. The lowest BCUT2D eigenvalue weighted by atomic mass is 9.78. The van der Waals surface area contributed by atoms with E-state index in [0.29, 0.717) is 0 Å². The summed E-state index contributed by atoms with van der Waals surface area (Å²) in [6, 6.07) is 8.49. The number of benzene rings is 1. The van der Waals surface area contributed by atoms with E-state index in [2.05, 4.69) is 45.0 Å². The molecular weight excluding hydrogens is 300 g/mol. The second kappa shape index (κ2) is 7.10. The van der Waals surface area contributed by atoms with Crippen LogP contribution in [-0.2, 0) is 24.0 Å². The first-order valence-corrected chi connectivity index (χ1v) is 8.14.